The van der Waals surface area contributed by atoms with Gasteiger partial charge in [0.15, 0.2) is 6.61 Å². The molecule has 3 rings (SSSR count). The van der Waals surface area contributed by atoms with Crippen molar-refractivity contribution in [3.63, 3.8) is 0 Å². The van der Waals surface area contributed by atoms with Crippen molar-refractivity contribution in [1.82, 2.24) is 0 Å². The second-order valence-corrected chi connectivity index (χ2v) is 6.61. The first kappa shape index (κ1) is 17.2. The highest BCUT2D eigenvalue weighted by Crippen LogP contribution is 2.23. The minimum absolute atomic E-state index is 0.0198. The highest BCUT2D eigenvalue weighted by atomic mass is 16.5. The second-order valence-electron chi connectivity index (χ2n) is 6.61. The summed E-state index contributed by atoms with van der Waals surface area (Å²) in [6, 6.07) is 15.1. The third-order valence-electron chi connectivity index (χ3n) is 4.48. The van der Waals surface area contributed by atoms with Gasteiger partial charge in [-0.25, -0.2) is 4.79 Å². The molecule has 4 nitrogen and oxygen atoms in total. The summed E-state index contributed by atoms with van der Waals surface area (Å²) >= 11 is 0. The van der Waals surface area contributed by atoms with Crippen molar-refractivity contribution >= 4 is 17.6 Å². The quantitative estimate of drug-likeness (QED) is 0.780. The monoisotopic (exact) mass is 337 g/mol. The maximum absolute atomic E-state index is 12.6. The van der Waals surface area contributed by atoms with Crippen LogP contribution >= 0.6 is 0 Å². The van der Waals surface area contributed by atoms with Crippen LogP contribution in [0.1, 0.15) is 41.8 Å². The zero-order valence-electron chi connectivity index (χ0n) is 14.7. The van der Waals surface area contributed by atoms with Gasteiger partial charge in [0.05, 0.1) is 5.56 Å². The number of para-hydroxylation sites is 1. The van der Waals surface area contributed by atoms with Crippen molar-refractivity contribution in [3.8, 4) is 0 Å². The van der Waals surface area contributed by atoms with Crippen molar-refractivity contribution in [2.75, 3.05) is 11.5 Å². The van der Waals surface area contributed by atoms with Gasteiger partial charge in [0.1, 0.15) is 0 Å². The number of benzene rings is 2. The molecule has 0 aromatic heterocycles. The molecule has 1 aliphatic rings. The Morgan fingerprint density at radius 1 is 1.04 bits per heavy atom. The molecule has 0 heterocycles. The SMILES string of the molecule is CC(C)N(C(=O)COC(=O)c1ccc2c(c1)CCC2)c1ccccc1. The Morgan fingerprint density at radius 2 is 1.76 bits per heavy atom. The smallest absolute Gasteiger partial charge is 0.338 e. The molecule has 0 bridgehead atoms. The largest absolute Gasteiger partial charge is 0.452 e. The Balaban J connectivity index is 1.65. The highest BCUT2D eigenvalue weighted by Gasteiger charge is 2.21. The zero-order chi connectivity index (χ0) is 17.8. The second kappa shape index (κ2) is 7.51. The maximum atomic E-state index is 12.6. The topological polar surface area (TPSA) is 46.6 Å². The van der Waals surface area contributed by atoms with Gasteiger partial charge in [-0.2, -0.15) is 0 Å². The van der Waals surface area contributed by atoms with Gasteiger partial charge in [-0.05, 0) is 68.5 Å². The highest BCUT2D eigenvalue weighted by molar-refractivity contribution is 5.97. The molecule has 2 aromatic carbocycles. The standard InChI is InChI=1S/C21H23NO3/c1-15(2)22(19-9-4-3-5-10-19)20(23)14-25-21(24)18-12-11-16-7-6-8-17(16)13-18/h3-5,9-13,15H,6-8,14H2,1-2H3. The lowest BCUT2D eigenvalue weighted by Gasteiger charge is -2.26. The number of amides is 1. The van der Waals surface area contributed by atoms with Crippen LogP contribution in [0.3, 0.4) is 0 Å². The third kappa shape index (κ3) is 3.90. The summed E-state index contributed by atoms with van der Waals surface area (Å²) in [5.41, 5.74) is 3.84. The lowest BCUT2D eigenvalue weighted by molar-refractivity contribution is -0.122. The van der Waals surface area contributed by atoms with E-state index in [0.29, 0.717) is 5.56 Å². The number of esters is 1. The van der Waals surface area contributed by atoms with Crippen molar-refractivity contribution in [2.24, 2.45) is 0 Å². The number of anilines is 1. The molecule has 0 saturated heterocycles. The molecule has 1 aliphatic carbocycles. The first-order chi connectivity index (χ1) is 12.1. The molecular formula is C21H23NO3. The minimum Gasteiger partial charge on any atom is -0.452 e. The number of fused-ring (bicyclic) bond motifs is 1. The van der Waals surface area contributed by atoms with Crippen LogP contribution in [0, 0.1) is 0 Å². The first-order valence-electron chi connectivity index (χ1n) is 8.72. The van der Waals surface area contributed by atoms with Crippen LogP contribution in [0.4, 0.5) is 5.69 Å². The van der Waals surface area contributed by atoms with Crippen LogP contribution < -0.4 is 4.90 Å². The molecule has 2 aromatic rings. The van der Waals surface area contributed by atoms with Gasteiger partial charge in [0.2, 0.25) is 0 Å². The van der Waals surface area contributed by atoms with Gasteiger partial charge in [-0.15, -0.1) is 0 Å². The van der Waals surface area contributed by atoms with Gasteiger partial charge in [0, 0.05) is 11.7 Å². The van der Waals surface area contributed by atoms with E-state index in [1.165, 1.54) is 11.1 Å². The fourth-order valence-corrected chi connectivity index (χ4v) is 3.30. The average Bonchev–Trinajstić information content (AvgIpc) is 3.08. The minimum atomic E-state index is -0.445. The van der Waals surface area contributed by atoms with E-state index in [0.717, 1.165) is 24.9 Å². The van der Waals surface area contributed by atoms with Crippen molar-refractivity contribution in [2.45, 2.75) is 39.2 Å². The molecule has 25 heavy (non-hydrogen) atoms. The van der Waals surface area contributed by atoms with Crippen molar-refractivity contribution < 1.29 is 14.3 Å². The van der Waals surface area contributed by atoms with Gasteiger partial charge < -0.3 is 9.64 Å². The molecule has 0 unspecified atom stereocenters. The molecule has 0 radical (unpaired) electrons. The molecule has 0 saturated carbocycles. The number of aryl methyl sites for hydroxylation is 2. The summed E-state index contributed by atoms with van der Waals surface area (Å²) in [4.78, 5) is 26.5. The van der Waals surface area contributed by atoms with Crippen LogP contribution in [-0.4, -0.2) is 24.5 Å². The average molecular weight is 337 g/mol. The summed E-state index contributed by atoms with van der Waals surface area (Å²) in [7, 11) is 0. The fraction of sp³-hybridized carbons (Fsp3) is 0.333. The van der Waals surface area contributed by atoms with Gasteiger partial charge in [0.25, 0.3) is 5.91 Å². The Bertz CT molecular complexity index is 768. The van der Waals surface area contributed by atoms with E-state index in [1.807, 2.05) is 56.3 Å². The van der Waals surface area contributed by atoms with E-state index in [9.17, 15) is 9.59 Å². The summed E-state index contributed by atoms with van der Waals surface area (Å²) in [6.45, 7) is 3.61. The Labute approximate surface area is 148 Å². The van der Waals surface area contributed by atoms with Crippen LogP contribution in [0.25, 0.3) is 0 Å². The molecule has 130 valence electrons. The van der Waals surface area contributed by atoms with Gasteiger partial charge in [-0.1, -0.05) is 24.3 Å². The number of hydrogen-bond acceptors (Lipinski definition) is 3. The number of rotatable bonds is 5. The Hall–Kier alpha value is -2.62. The van der Waals surface area contributed by atoms with Crippen molar-refractivity contribution in [3.05, 3.63) is 65.2 Å². The van der Waals surface area contributed by atoms with E-state index >= 15 is 0 Å². The molecular weight excluding hydrogens is 314 g/mol. The summed E-state index contributed by atoms with van der Waals surface area (Å²) in [6.07, 6.45) is 3.21. The predicted molar refractivity (Wildman–Crippen MR) is 97.8 cm³/mol. The first-order valence-corrected chi connectivity index (χ1v) is 8.72. The zero-order valence-corrected chi connectivity index (χ0v) is 14.7. The lowest BCUT2D eigenvalue weighted by atomic mass is 10.1. The number of hydrogen-bond donors (Lipinski definition) is 0. The van der Waals surface area contributed by atoms with Crippen LogP contribution in [-0.2, 0) is 22.4 Å². The van der Waals surface area contributed by atoms with E-state index in [-0.39, 0.29) is 18.6 Å². The molecule has 0 N–H and O–H groups in total. The van der Waals surface area contributed by atoms with E-state index in [4.69, 9.17) is 4.74 Å². The van der Waals surface area contributed by atoms with Crippen LogP contribution in [0.15, 0.2) is 48.5 Å². The number of carbonyl (C=O) groups excluding carboxylic acids is 2. The number of ether oxygens (including phenoxy) is 1. The molecule has 4 heteroatoms. The van der Waals surface area contributed by atoms with Gasteiger partial charge in [-0.3, -0.25) is 4.79 Å². The maximum Gasteiger partial charge on any atom is 0.338 e. The molecule has 1 amide bonds. The predicted octanol–water partition coefficient (Wildman–Crippen LogP) is 3.77. The molecule has 0 aliphatic heterocycles. The van der Waals surface area contributed by atoms with E-state index in [1.54, 1.807) is 11.0 Å². The number of carbonyl (C=O) groups is 2. The molecule has 0 spiro atoms. The third-order valence-corrected chi connectivity index (χ3v) is 4.48. The Morgan fingerprint density at radius 3 is 2.48 bits per heavy atom. The van der Waals surface area contributed by atoms with Crippen LogP contribution in [0.5, 0.6) is 0 Å². The Kier molecular flexibility index (Phi) is 5.17. The molecule has 0 fully saturated rings. The van der Waals surface area contributed by atoms with Crippen molar-refractivity contribution in [1.29, 1.82) is 0 Å². The summed E-state index contributed by atoms with van der Waals surface area (Å²) in [5, 5.41) is 0. The van der Waals surface area contributed by atoms with E-state index in [2.05, 4.69) is 0 Å². The van der Waals surface area contributed by atoms with E-state index < -0.39 is 5.97 Å². The van der Waals surface area contributed by atoms with Crippen LogP contribution in [0.2, 0.25) is 0 Å². The molecule has 0 atom stereocenters. The summed E-state index contributed by atoms with van der Waals surface area (Å²) in [5.74, 6) is -0.671. The summed E-state index contributed by atoms with van der Waals surface area (Å²) < 4.78 is 5.27. The number of nitrogens with zero attached hydrogens (tertiary/aromatic N) is 1. The fourth-order valence-electron chi connectivity index (χ4n) is 3.30. The van der Waals surface area contributed by atoms with Gasteiger partial charge >= 0.3 is 5.97 Å². The lowest BCUT2D eigenvalue weighted by Crippen LogP contribution is -2.39. The normalized spacial score (nSPS) is 12.8.